The number of thiophene rings is 1. The molecule has 42 heavy (non-hydrogen) atoms. The van der Waals surface area contributed by atoms with Crippen molar-refractivity contribution in [2.24, 2.45) is 0 Å². The minimum absolute atomic E-state index is 0.223. The highest BCUT2D eigenvalue weighted by atomic mass is 35.5. The van der Waals surface area contributed by atoms with E-state index in [1.807, 2.05) is 6.07 Å². The highest BCUT2D eigenvalue weighted by Gasteiger charge is 2.35. The average molecular weight is 616 g/mol. The van der Waals surface area contributed by atoms with E-state index in [9.17, 15) is 22.8 Å². The molecule has 5 aromatic rings. The maximum Gasteiger partial charge on any atom is 0.406 e. The van der Waals surface area contributed by atoms with Crippen LogP contribution < -0.4 is 16.0 Å². The average Bonchev–Trinajstić information content (AvgIpc) is 3.67. The van der Waals surface area contributed by atoms with Gasteiger partial charge in [-0.05, 0) is 43.9 Å². The Morgan fingerprint density at radius 3 is 2.79 bits per heavy atom. The molecular formula is C28H21ClF3N5O4S. The van der Waals surface area contributed by atoms with Crippen LogP contribution in [0.4, 0.5) is 13.2 Å². The number of alkyl halides is 3. The van der Waals surface area contributed by atoms with Gasteiger partial charge in [0.1, 0.15) is 18.6 Å². The molecule has 0 saturated carbocycles. The van der Waals surface area contributed by atoms with Crippen LogP contribution in [0.1, 0.15) is 46.4 Å². The van der Waals surface area contributed by atoms with Crippen molar-refractivity contribution in [3.05, 3.63) is 90.1 Å². The number of aryl methyl sites for hydroxylation is 1. The molecule has 0 fully saturated rings. The first kappa shape index (κ1) is 26.9. The van der Waals surface area contributed by atoms with Crippen LogP contribution in [0, 0.1) is 0 Å². The van der Waals surface area contributed by atoms with Crippen LogP contribution in [-0.2, 0) is 32.4 Å². The summed E-state index contributed by atoms with van der Waals surface area (Å²) in [7, 11) is 0. The Balaban J connectivity index is 1.25. The summed E-state index contributed by atoms with van der Waals surface area (Å²) in [5.41, 5.74) is 2.99. The van der Waals surface area contributed by atoms with E-state index in [2.05, 4.69) is 15.1 Å². The van der Waals surface area contributed by atoms with E-state index in [-0.39, 0.29) is 12.6 Å². The van der Waals surface area contributed by atoms with Crippen molar-refractivity contribution in [2.75, 3.05) is 0 Å². The van der Waals surface area contributed by atoms with Crippen molar-refractivity contribution in [2.45, 2.75) is 57.5 Å². The third-order valence-corrected chi connectivity index (χ3v) is 8.83. The largest absolute Gasteiger partial charge is 0.481 e. The zero-order chi connectivity index (χ0) is 29.2. The molecule has 0 bridgehead atoms. The fourth-order valence-corrected chi connectivity index (χ4v) is 7.00. The fourth-order valence-electron chi connectivity index (χ4n) is 5.66. The molecule has 216 valence electrons. The smallest absolute Gasteiger partial charge is 0.406 e. The molecule has 0 saturated heterocycles. The van der Waals surface area contributed by atoms with E-state index in [0.29, 0.717) is 48.1 Å². The third-order valence-electron chi connectivity index (χ3n) is 7.50. The molecule has 0 radical (unpaired) electrons. The number of rotatable bonds is 5. The lowest BCUT2D eigenvalue weighted by Crippen LogP contribution is -2.41. The van der Waals surface area contributed by atoms with Gasteiger partial charge in [0, 0.05) is 45.3 Å². The van der Waals surface area contributed by atoms with Gasteiger partial charge in [-0.3, -0.25) is 13.9 Å². The Bertz CT molecular complexity index is 1980. The van der Waals surface area contributed by atoms with Crippen molar-refractivity contribution in [1.82, 2.24) is 24.3 Å². The second-order valence-corrected chi connectivity index (χ2v) is 11.9. The molecule has 1 aliphatic carbocycles. The van der Waals surface area contributed by atoms with Crippen molar-refractivity contribution in [3.8, 4) is 17.0 Å². The summed E-state index contributed by atoms with van der Waals surface area (Å²) in [6.45, 7) is -1.72. The summed E-state index contributed by atoms with van der Waals surface area (Å²) >= 11 is 7.78. The molecule has 1 aliphatic heterocycles. The predicted octanol–water partition coefficient (Wildman–Crippen LogP) is 5.49. The van der Waals surface area contributed by atoms with Crippen molar-refractivity contribution < 1.29 is 22.4 Å². The molecule has 0 amide bonds. The number of hydrogen-bond donors (Lipinski definition) is 0. The molecule has 1 aromatic carbocycles. The quantitative estimate of drug-likeness (QED) is 0.257. The lowest BCUT2D eigenvalue weighted by molar-refractivity contribution is -0.141. The Morgan fingerprint density at radius 2 is 1.95 bits per heavy atom. The number of hydrogen-bond acceptors (Lipinski definition) is 8. The van der Waals surface area contributed by atoms with Gasteiger partial charge in [0.15, 0.2) is 11.9 Å². The first-order chi connectivity index (χ1) is 20.1. The van der Waals surface area contributed by atoms with Gasteiger partial charge in [0.25, 0.3) is 5.56 Å². The van der Waals surface area contributed by atoms with Crippen LogP contribution in [0.15, 0.2) is 50.9 Å². The molecule has 14 heteroatoms. The highest BCUT2D eigenvalue weighted by Crippen LogP contribution is 2.47. The zero-order valence-corrected chi connectivity index (χ0v) is 23.4. The van der Waals surface area contributed by atoms with E-state index in [4.69, 9.17) is 20.9 Å². The van der Waals surface area contributed by atoms with Gasteiger partial charge >= 0.3 is 11.9 Å². The standard InChI is InChI=1S/C28H21ClF3N5O4S/c29-15-7-14-8-21(25-17-3-1-2-4-19(17)35-41-25)40-24(14)18(9-15)23-26-20(33-13-34-23)10-16(42-26)11-37-22(38)5-6-36(27(37)39)12-28(30,31)32/h5-7,9-10,13,21H,1-4,8,11-12H2/t21-/m0/s1. The Hall–Kier alpha value is -3.97. The minimum Gasteiger partial charge on any atom is -0.481 e. The fraction of sp³-hybridized carbons (Fsp3) is 0.321. The SMILES string of the molecule is O=c1ccn(CC(F)(F)F)c(=O)n1Cc1cc2ncnc(-c3cc(Cl)cc4c3O[C@H](c3onc5c3CCCC5)C4)c2s1. The zero-order valence-electron chi connectivity index (χ0n) is 21.8. The van der Waals surface area contributed by atoms with E-state index < -0.39 is 24.0 Å². The normalized spacial score (nSPS) is 16.4. The van der Waals surface area contributed by atoms with Crippen LogP contribution >= 0.6 is 22.9 Å². The molecule has 0 spiro atoms. The molecule has 4 aromatic heterocycles. The van der Waals surface area contributed by atoms with Crippen LogP contribution in [0.3, 0.4) is 0 Å². The summed E-state index contributed by atoms with van der Waals surface area (Å²) < 4.78 is 52.9. The van der Waals surface area contributed by atoms with E-state index >= 15 is 0 Å². The van der Waals surface area contributed by atoms with Crippen LogP contribution in [0.5, 0.6) is 5.75 Å². The number of aromatic nitrogens is 5. The summed E-state index contributed by atoms with van der Waals surface area (Å²) in [4.78, 5) is 34.6. The molecule has 7 rings (SSSR count). The summed E-state index contributed by atoms with van der Waals surface area (Å²) in [5, 5.41) is 4.77. The van der Waals surface area contributed by atoms with Crippen LogP contribution in [-0.4, -0.2) is 30.4 Å². The van der Waals surface area contributed by atoms with Gasteiger partial charge in [-0.2, -0.15) is 13.2 Å². The van der Waals surface area contributed by atoms with E-state index in [1.54, 1.807) is 12.1 Å². The van der Waals surface area contributed by atoms with E-state index in [1.165, 1.54) is 17.7 Å². The number of fused-ring (bicyclic) bond motifs is 3. The molecule has 0 N–H and O–H groups in total. The minimum atomic E-state index is -4.61. The molecule has 0 unspecified atom stereocenters. The topological polar surface area (TPSA) is 105 Å². The number of ether oxygens (including phenoxy) is 1. The van der Waals surface area contributed by atoms with Crippen molar-refractivity contribution in [3.63, 3.8) is 0 Å². The van der Waals surface area contributed by atoms with Crippen LogP contribution in [0.25, 0.3) is 21.5 Å². The Kier molecular flexibility index (Phi) is 6.46. The maximum absolute atomic E-state index is 12.9. The molecular weight excluding hydrogens is 595 g/mol. The summed E-state index contributed by atoms with van der Waals surface area (Å²) in [5.74, 6) is 1.35. The molecule has 2 aliphatic rings. The predicted molar refractivity (Wildman–Crippen MR) is 148 cm³/mol. The Labute approximate surface area is 244 Å². The highest BCUT2D eigenvalue weighted by molar-refractivity contribution is 7.19. The monoisotopic (exact) mass is 615 g/mol. The first-order valence-electron chi connectivity index (χ1n) is 13.2. The van der Waals surface area contributed by atoms with Gasteiger partial charge in [-0.25, -0.2) is 14.8 Å². The number of nitrogens with zero attached hydrogens (tertiary/aromatic N) is 5. The van der Waals surface area contributed by atoms with Crippen molar-refractivity contribution in [1.29, 1.82) is 0 Å². The first-order valence-corrected chi connectivity index (χ1v) is 14.4. The second-order valence-electron chi connectivity index (χ2n) is 10.3. The molecule has 9 nitrogen and oxygen atoms in total. The lowest BCUT2D eigenvalue weighted by atomic mass is 9.94. The summed E-state index contributed by atoms with van der Waals surface area (Å²) in [6.07, 6.45) is 1.77. The van der Waals surface area contributed by atoms with Crippen LogP contribution in [0.2, 0.25) is 5.02 Å². The number of halogens is 4. The lowest BCUT2D eigenvalue weighted by Gasteiger charge is -2.14. The Morgan fingerprint density at radius 1 is 1.12 bits per heavy atom. The van der Waals surface area contributed by atoms with Gasteiger partial charge in [-0.15, -0.1) is 11.3 Å². The second kappa shape index (κ2) is 10.1. The maximum atomic E-state index is 12.9. The van der Waals surface area contributed by atoms with E-state index in [0.717, 1.165) is 65.1 Å². The van der Waals surface area contributed by atoms with Gasteiger partial charge < -0.3 is 9.26 Å². The molecule has 1 atom stereocenters. The van der Waals surface area contributed by atoms with Gasteiger partial charge in [0.05, 0.1) is 28.1 Å². The summed E-state index contributed by atoms with van der Waals surface area (Å²) in [6, 6.07) is 6.25. The van der Waals surface area contributed by atoms with Crippen molar-refractivity contribution >= 4 is 33.2 Å². The van der Waals surface area contributed by atoms with Gasteiger partial charge in [0.2, 0.25) is 0 Å². The molecule has 5 heterocycles. The third kappa shape index (κ3) is 4.79. The van der Waals surface area contributed by atoms with Gasteiger partial charge in [-0.1, -0.05) is 16.8 Å². The number of benzene rings is 1.